The maximum atomic E-state index is 5.38. The zero-order chi connectivity index (χ0) is 49.8. The predicted octanol–water partition coefficient (Wildman–Crippen LogP) is 19.1. The molecule has 0 atom stereocenters. The average molecular weight is 1000 g/mol. The van der Waals surface area contributed by atoms with E-state index in [9.17, 15) is 0 Å². The topological polar surface area (TPSA) is 48.5 Å². The Labute approximate surface area is 444 Å². The molecule has 0 radical (unpaired) electrons. The Bertz CT molecular complexity index is 4920. The van der Waals surface area contributed by atoms with Crippen molar-refractivity contribution in [3.8, 4) is 67.8 Å². The van der Waals surface area contributed by atoms with Gasteiger partial charge in [-0.2, -0.15) is 0 Å². The molecule has 0 aliphatic carbocycles. The van der Waals surface area contributed by atoms with Gasteiger partial charge in [0.25, 0.3) is 0 Å². The van der Waals surface area contributed by atoms with E-state index in [1.807, 2.05) is 59.1 Å². The van der Waals surface area contributed by atoms with Crippen LogP contribution in [-0.2, 0) is 0 Å². The van der Waals surface area contributed by atoms with E-state index in [1.54, 1.807) is 0 Å². The lowest BCUT2D eigenvalue weighted by atomic mass is 9.93. The molecule has 0 fully saturated rings. The molecule has 0 saturated carbocycles. The molecule has 0 saturated heterocycles. The van der Waals surface area contributed by atoms with E-state index in [-0.39, 0.29) is 0 Å². The molecule has 354 valence electrons. The molecule has 0 bridgehead atoms. The molecule has 0 aliphatic rings. The fourth-order valence-corrected chi connectivity index (χ4v) is 14.0. The van der Waals surface area contributed by atoms with Crippen LogP contribution in [0, 0.1) is 0 Å². The summed E-state index contributed by atoms with van der Waals surface area (Å²) in [5.41, 5.74) is 14.4. The predicted molar refractivity (Wildman–Crippen MR) is 321 cm³/mol. The molecule has 5 aromatic heterocycles. The molecular weight excluding hydrogens is 963 g/mol. The number of rotatable bonds is 7. The third kappa shape index (κ3) is 6.73. The quantitative estimate of drug-likeness (QED) is 0.160. The summed E-state index contributed by atoms with van der Waals surface area (Å²) in [5.74, 6) is 1.88. The second-order valence-electron chi connectivity index (χ2n) is 19.5. The first-order chi connectivity index (χ1) is 37.7. The summed E-state index contributed by atoms with van der Waals surface area (Å²) < 4.78 is 9.81. The van der Waals surface area contributed by atoms with Gasteiger partial charge < -0.3 is 9.13 Å². The summed E-state index contributed by atoms with van der Waals surface area (Å²) in [5, 5.41) is 9.96. The summed E-state index contributed by atoms with van der Waals surface area (Å²) in [7, 11) is 0. The smallest absolute Gasteiger partial charge is 0.164 e. The molecule has 0 aliphatic heterocycles. The lowest BCUT2D eigenvalue weighted by Crippen LogP contribution is -2.01. The fraction of sp³-hybridized carbons (Fsp3) is 0. The van der Waals surface area contributed by atoms with Crippen molar-refractivity contribution >= 4 is 107 Å². The maximum Gasteiger partial charge on any atom is 0.164 e. The van der Waals surface area contributed by atoms with Crippen molar-refractivity contribution in [3.05, 3.63) is 249 Å². The lowest BCUT2D eigenvalue weighted by molar-refractivity contribution is 1.07. The highest BCUT2D eigenvalue weighted by molar-refractivity contribution is 7.26. The van der Waals surface area contributed by atoms with Crippen LogP contribution in [-0.4, -0.2) is 24.1 Å². The standard InChI is InChI=1S/C69H41N5S2/c1-5-18-42(19-6-1)67-70-68(43-20-7-2-8-21-43)72-69(71-67)58-37-44(45-33-35-63-55(36-45)56-38-53-49-26-13-15-30-59(49)74(47-24-11-4-12-25-47)62(53)41-65(56)75-63)32-34-48(58)51-28-17-29-52-57-39-61-54(40-64(57)76-66(51)52)50-27-14-16-31-60(50)73(61)46-22-9-3-10-23-46/h1-41H. The van der Waals surface area contributed by atoms with Crippen LogP contribution in [0.1, 0.15) is 0 Å². The van der Waals surface area contributed by atoms with Crippen LogP contribution in [0.2, 0.25) is 0 Å². The molecule has 0 amide bonds. The molecule has 5 nitrogen and oxygen atoms in total. The summed E-state index contributed by atoms with van der Waals surface area (Å²) in [6.07, 6.45) is 0. The van der Waals surface area contributed by atoms with Crippen molar-refractivity contribution in [1.82, 2.24) is 24.1 Å². The normalized spacial score (nSPS) is 11.9. The van der Waals surface area contributed by atoms with Crippen molar-refractivity contribution in [3.63, 3.8) is 0 Å². The minimum absolute atomic E-state index is 0.621. The van der Waals surface area contributed by atoms with Gasteiger partial charge in [-0.1, -0.05) is 170 Å². The van der Waals surface area contributed by atoms with E-state index in [2.05, 4.69) is 221 Å². The van der Waals surface area contributed by atoms with E-state index in [4.69, 9.17) is 15.0 Å². The van der Waals surface area contributed by atoms with E-state index in [1.165, 1.54) is 84.0 Å². The van der Waals surface area contributed by atoms with Crippen LogP contribution in [0.3, 0.4) is 0 Å². The first-order valence-electron chi connectivity index (χ1n) is 25.6. The number of para-hydroxylation sites is 4. The van der Waals surface area contributed by atoms with Gasteiger partial charge in [0.1, 0.15) is 0 Å². The molecule has 11 aromatic carbocycles. The second-order valence-corrected chi connectivity index (χ2v) is 21.6. The van der Waals surface area contributed by atoms with Crippen LogP contribution < -0.4 is 0 Å². The monoisotopic (exact) mass is 1000 g/mol. The van der Waals surface area contributed by atoms with Gasteiger partial charge in [0, 0.05) is 95.5 Å². The van der Waals surface area contributed by atoms with Gasteiger partial charge in [-0.25, -0.2) is 15.0 Å². The third-order valence-electron chi connectivity index (χ3n) is 15.2. The average Bonchev–Trinajstić information content (AvgIpc) is 4.33. The molecule has 0 spiro atoms. The SMILES string of the molecule is c1ccc(-c2nc(-c3ccccc3)nc(-c3cc(-c4ccc5sc6cc7c(cc6c5c4)c4ccccc4n7-c4ccccc4)ccc3-c3cccc4c3sc3cc5c6ccccc6n(-c6ccccc6)c5cc34)n2)cc1. The summed E-state index contributed by atoms with van der Waals surface area (Å²) in [6, 6.07) is 89.7. The van der Waals surface area contributed by atoms with Gasteiger partial charge in [-0.05, 0) is 95.6 Å². The molecule has 7 heteroatoms. The van der Waals surface area contributed by atoms with Gasteiger partial charge in [-0.3, -0.25) is 0 Å². The number of hydrogen-bond acceptors (Lipinski definition) is 5. The van der Waals surface area contributed by atoms with Gasteiger partial charge in [0.15, 0.2) is 17.5 Å². The maximum absolute atomic E-state index is 5.38. The van der Waals surface area contributed by atoms with Crippen LogP contribution in [0.15, 0.2) is 249 Å². The molecule has 76 heavy (non-hydrogen) atoms. The first-order valence-corrected chi connectivity index (χ1v) is 27.2. The van der Waals surface area contributed by atoms with E-state index < -0.39 is 0 Å². The molecule has 16 rings (SSSR count). The van der Waals surface area contributed by atoms with Crippen molar-refractivity contribution in [1.29, 1.82) is 0 Å². The summed E-state index contributed by atoms with van der Waals surface area (Å²) >= 11 is 3.71. The van der Waals surface area contributed by atoms with Crippen molar-refractivity contribution < 1.29 is 0 Å². The Morgan fingerprint density at radius 2 is 0.750 bits per heavy atom. The van der Waals surface area contributed by atoms with Crippen LogP contribution in [0.5, 0.6) is 0 Å². The zero-order valence-corrected chi connectivity index (χ0v) is 42.4. The van der Waals surface area contributed by atoms with Crippen molar-refractivity contribution in [2.75, 3.05) is 0 Å². The largest absolute Gasteiger partial charge is 0.309 e. The molecule has 0 unspecified atom stereocenters. The molecule has 16 aromatic rings. The first kappa shape index (κ1) is 42.9. The highest BCUT2D eigenvalue weighted by Gasteiger charge is 2.22. The number of thiophene rings is 2. The van der Waals surface area contributed by atoms with E-state index in [0.29, 0.717) is 17.5 Å². The highest BCUT2D eigenvalue weighted by atomic mass is 32.1. The second kappa shape index (κ2) is 17.0. The lowest BCUT2D eigenvalue weighted by Gasteiger charge is -2.15. The zero-order valence-electron chi connectivity index (χ0n) is 40.7. The Morgan fingerprint density at radius 3 is 1.41 bits per heavy atom. The van der Waals surface area contributed by atoms with Crippen LogP contribution in [0.4, 0.5) is 0 Å². The number of fused-ring (bicyclic) bond motifs is 12. The number of nitrogens with zero attached hydrogens (tertiary/aromatic N) is 5. The minimum Gasteiger partial charge on any atom is -0.309 e. The molecule has 5 heterocycles. The Morgan fingerprint density at radius 1 is 0.250 bits per heavy atom. The van der Waals surface area contributed by atoms with Crippen molar-refractivity contribution in [2.45, 2.75) is 0 Å². The van der Waals surface area contributed by atoms with E-state index in [0.717, 1.165) is 50.3 Å². The Balaban J connectivity index is 0.918. The fourth-order valence-electron chi connectivity index (χ4n) is 11.7. The number of hydrogen-bond donors (Lipinski definition) is 0. The minimum atomic E-state index is 0.621. The van der Waals surface area contributed by atoms with Gasteiger partial charge in [-0.15, -0.1) is 22.7 Å². The Hall–Kier alpha value is -9.53. The van der Waals surface area contributed by atoms with Crippen LogP contribution in [0.25, 0.3) is 152 Å². The van der Waals surface area contributed by atoms with Crippen LogP contribution >= 0.6 is 22.7 Å². The number of benzene rings is 11. The van der Waals surface area contributed by atoms with Gasteiger partial charge in [0.2, 0.25) is 0 Å². The summed E-state index contributed by atoms with van der Waals surface area (Å²) in [4.78, 5) is 15.9. The van der Waals surface area contributed by atoms with Gasteiger partial charge in [0.05, 0.1) is 22.1 Å². The Kier molecular flexibility index (Phi) is 9.61. The molecular formula is C69H41N5S2. The molecule has 0 N–H and O–H groups in total. The highest BCUT2D eigenvalue weighted by Crippen LogP contribution is 2.47. The van der Waals surface area contributed by atoms with Crippen molar-refractivity contribution in [2.24, 2.45) is 0 Å². The summed E-state index contributed by atoms with van der Waals surface area (Å²) in [6.45, 7) is 0. The number of aromatic nitrogens is 5. The van der Waals surface area contributed by atoms with Gasteiger partial charge >= 0.3 is 0 Å². The van der Waals surface area contributed by atoms with E-state index >= 15 is 0 Å². The third-order valence-corrected chi connectivity index (χ3v) is 17.5.